The second-order valence-corrected chi connectivity index (χ2v) is 3.95. The van der Waals surface area contributed by atoms with Gasteiger partial charge in [0.2, 0.25) is 0 Å². The first-order valence-electron chi connectivity index (χ1n) is 5.61. The van der Waals surface area contributed by atoms with Gasteiger partial charge in [-0.1, -0.05) is 18.2 Å². The van der Waals surface area contributed by atoms with E-state index in [1.165, 1.54) is 0 Å². The molecule has 0 aliphatic rings. The summed E-state index contributed by atoms with van der Waals surface area (Å²) in [5.41, 5.74) is 8.87. The summed E-state index contributed by atoms with van der Waals surface area (Å²) < 4.78 is 5.77. The van der Waals surface area contributed by atoms with Crippen molar-refractivity contribution in [2.45, 2.75) is 20.1 Å². The highest BCUT2D eigenvalue weighted by Crippen LogP contribution is 2.20. The predicted molar refractivity (Wildman–Crippen MR) is 67.6 cm³/mol. The molecular weight excluding hydrogens is 212 g/mol. The maximum Gasteiger partial charge on any atom is 0.123 e. The van der Waals surface area contributed by atoms with Crippen molar-refractivity contribution in [3.8, 4) is 5.75 Å². The van der Waals surface area contributed by atoms with Gasteiger partial charge in [0.05, 0.1) is 0 Å². The Kier molecular flexibility index (Phi) is 3.73. The van der Waals surface area contributed by atoms with Gasteiger partial charge in [-0.15, -0.1) is 0 Å². The van der Waals surface area contributed by atoms with E-state index < -0.39 is 0 Å². The molecule has 0 spiro atoms. The van der Waals surface area contributed by atoms with E-state index in [2.05, 4.69) is 4.98 Å². The number of hydrogen-bond acceptors (Lipinski definition) is 3. The highest BCUT2D eigenvalue weighted by atomic mass is 16.5. The topological polar surface area (TPSA) is 48.1 Å². The first kappa shape index (κ1) is 11.6. The zero-order chi connectivity index (χ0) is 12.1. The molecule has 1 heterocycles. The molecule has 0 atom stereocenters. The Morgan fingerprint density at radius 1 is 1.24 bits per heavy atom. The Hall–Kier alpha value is -1.87. The Morgan fingerprint density at radius 2 is 2.12 bits per heavy atom. The summed E-state index contributed by atoms with van der Waals surface area (Å²) in [7, 11) is 0. The number of pyridine rings is 1. The van der Waals surface area contributed by atoms with Crippen molar-refractivity contribution in [2.24, 2.45) is 5.73 Å². The van der Waals surface area contributed by atoms with Crippen LogP contribution < -0.4 is 10.5 Å². The van der Waals surface area contributed by atoms with E-state index >= 15 is 0 Å². The van der Waals surface area contributed by atoms with Crippen molar-refractivity contribution in [3.63, 3.8) is 0 Å². The van der Waals surface area contributed by atoms with Crippen LogP contribution in [-0.4, -0.2) is 4.98 Å². The second kappa shape index (κ2) is 5.46. The van der Waals surface area contributed by atoms with Gasteiger partial charge in [0.15, 0.2) is 0 Å². The summed E-state index contributed by atoms with van der Waals surface area (Å²) in [6.07, 6.45) is 3.56. The van der Waals surface area contributed by atoms with Gasteiger partial charge in [-0.2, -0.15) is 0 Å². The quantitative estimate of drug-likeness (QED) is 0.874. The molecule has 1 aromatic carbocycles. The van der Waals surface area contributed by atoms with E-state index in [1.54, 1.807) is 6.20 Å². The molecule has 0 aliphatic heterocycles. The molecule has 0 saturated carbocycles. The lowest BCUT2D eigenvalue weighted by molar-refractivity contribution is 0.303. The van der Waals surface area contributed by atoms with Crippen molar-refractivity contribution < 1.29 is 4.74 Å². The van der Waals surface area contributed by atoms with E-state index in [1.807, 2.05) is 43.5 Å². The summed E-state index contributed by atoms with van der Waals surface area (Å²) in [6, 6.07) is 9.94. The number of nitrogens with two attached hydrogens (primary N) is 1. The fourth-order valence-corrected chi connectivity index (χ4v) is 1.57. The monoisotopic (exact) mass is 228 g/mol. The van der Waals surface area contributed by atoms with E-state index in [9.17, 15) is 0 Å². The normalized spacial score (nSPS) is 10.2. The van der Waals surface area contributed by atoms with Crippen LogP contribution in [0.25, 0.3) is 0 Å². The van der Waals surface area contributed by atoms with Crippen molar-refractivity contribution >= 4 is 0 Å². The largest absolute Gasteiger partial charge is 0.489 e. The highest BCUT2D eigenvalue weighted by Gasteiger charge is 2.01. The average molecular weight is 228 g/mol. The fraction of sp³-hybridized carbons (Fsp3) is 0.214. The maximum absolute atomic E-state index is 5.77. The van der Waals surface area contributed by atoms with Gasteiger partial charge >= 0.3 is 0 Å². The van der Waals surface area contributed by atoms with Crippen LogP contribution in [0.5, 0.6) is 5.75 Å². The Morgan fingerprint density at radius 3 is 2.82 bits per heavy atom. The summed E-state index contributed by atoms with van der Waals surface area (Å²) >= 11 is 0. The Labute approximate surface area is 101 Å². The van der Waals surface area contributed by atoms with Crippen LogP contribution in [0.2, 0.25) is 0 Å². The number of benzene rings is 1. The van der Waals surface area contributed by atoms with Gasteiger partial charge in [-0.05, 0) is 30.2 Å². The van der Waals surface area contributed by atoms with Gasteiger partial charge in [0, 0.05) is 24.5 Å². The zero-order valence-electron chi connectivity index (χ0n) is 9.89. The smallest absolute Gasteiger partial charge is 0.123 e. The molecule has 17 heavy (non-hydrogen) atoms. The van der Waals surface area contributed by atoms with Crippen molar-refractivity contribution in [1.29, 1.82) is 0 Å². The lowest BCUT2D eigenvalue weighted by atomic mass is 10.1. The molecule has 0 aliphatic carbocycles. The number of aromatic nitrogens is 1. The lowest BCUT2D eigenvalue weighted by Gasteiger charge is -2.10. The van der Waals surface area contributed by atoms with E-state index in [0.29, 0.717) is 13.2 Å². The molecule has 1 aromatic heterocycles. The van der Waals surface area contributed by atoms with Crippen LogP contribution in [0.1, 0.15) is 16.7 Å². The second-order valence-electron chi connectivity index (χ2n) is 3.95. The number of hydrogen-bond donors (Lipinski definition) is 1. The fourth-order valence-electron chi connectivity index (χ4n) is 1.57. The zero-order valence-corrected chi connectivity index (χ0v) is 9.89. The molecule has 0 amide bonds. The molecule has 2 aromatic rings. The highest BCUT2D eigenvalue weighted by molar-refractivity contribution is 5.36. The lowest BCUT2D eigenvalue weighted by Crippen LogP contribution is -2.00. The number of aryl methyl sites for hydroxylation is 1. The molecule has 3 nitrogen and oxygen atoms in total. The molecule has 0 bridgehead atoms. The molecular formula is C14H16N2O. The van der Waals surface area contributed by atoms with Crippen LogP contribution in [-0.2, 0) is 13.2 Å². The van der Waals surface area contributed by atoms with Gasteiger partial charge in [-0.3, -0.25) is 4.98 Å². The Balaban J connectivity index is 2.08. The third kappa shape index (κ3) is 3.04. The standard InChI is InChI=1S/C14H16N2O/c1-11-4-5-12(8-15)7-14(11)17-10-13-3-2-6-16-9-13/h2-7,9H,8,10,15H2,1H3. The molecule has 0 saturated heterocycles. The summed E-state index contributed by atoms with van der Waals surface area (Å²) in [6.45, 7) is 3.09. The first-order chi connectivity index (χ1) is 8.29. The van der Waals surface area contributed by atoms with Crippen LogP contribution in [0, 0.1) is 6.92 Å². The molecule has 2 rings (SSSR count). The molecule has 0 unspecified atom stereocenters. The third-order valence-corrected chi connectivity index (χ3v) is 2.61. The first-order valence-corrected chi connectivity index (χ1v) is 5.61. The number of ether oxygens (including phenoxy) is 1. The molecule has 3 heteroatoms. The minimum Gasteiger partial charge on any atom is -0.489 e. The van der Waals surface area contributed by atoms with E-state index in [4.69, 9.17) is 10.5 Å². The van der Waals surface area contributed by atoms with Crippen LogP contribution >= 0.6 is 0 Å². The average Bonchev–Trinajstić information content (AvgIpc) is 2.39. The summed E-state index contributed by atoms with van der Waals surface area (Å²) in [4.78, 5) is 4.05. The van der Waals surface area contributed by atoms with Crippen LogP contribution in [0.3, 0.4) is 0 Å². The van der Waals surface area contributed by atoms with Gasteiger partial charge in [-0.25, -0.2) is 0 Å². The summed E-state index contributed by atoms with van der Waals surface area (Å²) in [5.74, 6) is 0.886. The van der Waals surface area contributed by atoms with Crippen molar-refractivity contribution in [3.05, 3.63) is 59.4 Å². The van der Waals surface area contributed by atoms with Gasteiger partial charge in [0.1, 0.15) is 12.4 Å². The number of nitrogens with zero attached hydrogens (tertiary/aromatic N) is 1. The maximum atomic E-state index is 5.77. The van der Waals surface area contributed by atoms with E-state index in [0.717, 1.165) is 22.4 Å². The van der Waals surface area contributed by atoms with Crippen molar-refractivity contribution in [1.82, 2.24) is 4.98 Å². The molecule has 88 valence electrons. The minimum atomic E-state index is 0.530. The summed E-state index contributed by atoms with van der Waals surface area (Å²) in [5, 5.41) is 0. The minimum absolute atomic E-state index is 0.530. The predicted octanol–water partition coefficient (Wildman–Crippen LogP) is 2.43. The molecule has 0 radical (unpaired) electrons. The van der Waals surface area contributed by atoms with E-state index in [-0.39, 0.29) is 0 Å². The van der Waals surface area contributed by atoms with Gasteiger partial charge < -0.3 is 10.5 Å². The van der Waals surface area contributed by atoms with Crippen LogP contribution in [0.15, 0.2) is 42.7 Å². The Bertz CT molecular complexity index is 483. The van der Waals surface area contributed by atoms with Crippen molar-refractivity contribution in [2.75, 3.05) is 0 Å². The third-order valence-electron chi connectivity index (χ3n) is 2.61. The molecule has 2 N–H and O–H groups in total. The molecule has 0 fully saturated rings. The number of rotatable bonds is 4. The van der Waals surface area contributed by atoms with Crippen LogP contribution in [0.4, 0.5) is 0 Å². The SMILES string of the molecule is Cc1ccc(CN)cc1OCc1cccnc1. The van der Waals surface area contributed by atoms with Gasteiger partial charge in [0.25, 0.3) is 0 Å².